The lowest BCUT2D eigenvalue weighted by Crippen LogP contribution is -2.56. The molecule has 4 aliphatic rings. The van der Waals surface area contributed by atoms with Gasteiger partial charge < -0.3 is 9.84 Å². The molecule has 170 valence electrons. The summed E-state index contributed by atoms with van der Waals surface area (Å²) in [5.74, 6) is 2.37. The summed E-state index contributed by atoms with van der Waals surface area (Å²) in [7, 11) is 0. The molecule has 0 bridgehead atoms. The summed E-state index contributed by atoms with van der Waals surface area (Å²) >= 11 is 0. The van der Waals surface area contributed by atoms with E-state index in [1.807, 2.05) is 0 Å². The van der Waals surface area contributed by atoms with Crippen molar-refractivity contribution >= 4 is 6.29 Å². The van der Waals surface area contributed by atoms with Crippen molar-refractivity contribution in [2.45, 2.75) is 111 Å². The molecule has 0 unspecified atom stereocenters. The van der Waals surface area contributed by atoms with Gasteiger partial charge in [-0.05, 0) is 79.6 Å². The topological polar surface area (TPSA) is 46.5 Å². The van der Waals surface area contributed by atoms with Gasteiger partial charge in [0.15, 0.2) is 6.29 Å². The van der Waals surface area contributed by atoms with Crippen molar-refractivity contribution < 1.29 is 14.6 Å². The number of aldehydes is 1. The summed E-state index contributed by atoms with van der Waals surface area (Å²) in [5.41, 5.74) is 2.24. The van der Waals surface area contributed by atoms with Crippen LogP contribution in [-0.4, -0.2) is 29.7 Å². The molecule has 0 aromatic heterocycles. The lowest BCUT2D eigenvalue weighted by atomic mass is 9.48. The Bertz CT molecular complexity index is 696. The quantitative estimate of drug-likeness (QED) is 0.421. The van der Waals surface area contributed by atoms with Crippen LogP contribution in [0.5, 0.6) is 0 Å². The summed E-state index contributed by atoms with van der Waals surface area (Å²) in [6.07, 6.45) is 12.0. The molecule has 3 heteroatoms. The molecule has 1 saturated heterocycles. The molecule has 1 aliphatic heterocycles. The highest BCUT2D eigenvalue weighted by atomic mass is 16.5. The van der Waals surface area contributed by atoms with E-state index in [9.17, 15) is 9.90 Å². The zero-order chi connectivity index (χ0) is 21.7. The first-order valence-corrected chi connectivity index (χ1v) is 12.7. The van der Waals surface area contributed by atoms with Crippen molar-refractivity contribution in [3.8, 4) is 0 Å². The Kier molecular flexibility index (Phi) is 6.03. The number of hydrogen-bond donors (Lipinski definition) is 1. The minimum atomic E-state index is -0.707. The van der Waals surface area contributed by atoms with Gasteiger partial charge in [-0.25, -0.2) is 0 Å². The fourth-order valence-corrected chi connectivity index (χ4v) is 7.99. The van der Waals surface area contributed by atoms with Gasteiger partial charge in [0.25, 0.3) is 0 Å². The Morgan fingerprint density at radius 2 is 1.87 bits per heavy atom. The minimum Gasteiger partial charge on any atom is -0.393 e. The monoisotopic (exact) mass is 416 g/mol. The minimum absolute atomic E-state index is 0.0811. The highest BCUT2D eigenvalue weighted by molar-refractivity contribution is 5.73. The maximum Gasteiger partial charge on any atom is 0.156 e. The van der Waals surface area contributed by atoms with Crippen LogP contribution in [0, 0.1) is 34.5 Å². The summed E-state index contributed by atoms with van der Waals surface area (Å²) < 4.78 is 6.60. The molecule has 1 N–H and O–H groups in total. The third-order valence-electron chi connectivity index (χ3n) is 10.0. The molecule has 30 heavy (non-hydrogen) atoms. The van der Waals surface area contributed by atoms with Crippen LogP contribution in [0.2, 0.25) is 0 Å². The molecule has 0 spiro atoms. The fourth-order valence-electron chi connectivity index (χ4n) is 7.99. The molecule has 2 fully saturated rings. The Labute approximate surface area is 184 Å². The van der Waals surface area contributed by atoms with Crippen molar-refractivity contribution in [2.24, 2.45) is 34.5 Å². The molecular weight excluding hydrogens is 372 g/mol. The Morgan fingerprint density at radius 3 is 2.57 bits per heavy atom. The predicted octanol–water partition coefficient (Wildman–Crippen LogP) is 6.09. The molecular formula is C27H44O3. The van der Waals surface area contributed by atoms with Gasteiger partial charge in [-0.1, -0.05) is 59.5 Å². The molecule has 0 amide bonds. The second-order valence-electron chi connectivity index (χ2n) is 12.0. The second-order valence-corrected chi connectivity index (χ2v) is 12.0. The van der Waals surface area contributed by atoms with E-state index in [1.54, 1.807) is 0 Å². The lowest BCUT2D eigenvalue weighted by molar-refractivity contribution is -0.133. The average molecular weight is 417 g/mol. The summed E-state index contributed by atoms with van der Waals surface area (Å²) in [5, 5.41) is 10.3. The average Bonchev–Trinajstić information content (AvgIpc) is 3.01. The number of aliphatic hydroxyl groups is 1. The van der Waals surface area contributed by atoms with Gasteiger partial charge in [0.1, 0.15) is 5.60 Å². The lowest BCUT2D eigenvalue weighted by Gasteiger charge is -2.56. The van der Waals surface area contributed by atoms with E-state index in [0.717, 1.165) is 57.5 Å². The number of carbonyl (C=O) groups excluding carboxylic acids is 1. The van der Waals surface area contributed by atoms with Crippen LogP contribution in [0.3, 0.4) is 0 Å². The number of carbonyl (C=O) groups is 1. The van der Waals surface area contributed by atoms with Crippen molar-refractivity contribution in [1.82, 2.24) is 0 Å². The van der Waals surface area contributed by atoms with Gasteiger partial charge in [-0.2, -0.15) is 0 Å². The van der Waals surface area contributed by atoms with Crippen LogP contribution in [0.1, 0.15) is 98.8 Å². The molecule has 1 saturated carbocycles. The standard InChI is InChI=1S/C27H44O3/c1-18(2)7-6-8-19(3)24-16-30-27(17-28)23-10-9-20-15-21(29)11-13-25(20,4)22(23)12-14-26(24,27)5/h17-21,24,29H,6-16H2,1-5H3/t19-,20+,21+,24-,25+,26-,27-/m1/s1. The number of ether oxygens (including phenoxy) is 1. The summed E-state index contributed by atoms with van der Waals surface area (Å²) in [6, 6.07) is 0. The van der Waals surface area contributed by atoms with Crippen LogP contribution in [0.15, 0.2) is 11.1 Å². The van der Waals surface area contributed by atoms with Crippen LogP contribution < -0.4 is 0 Å². The third kappa shape index (κ3) is 3.25. The largest absolute Gasteiger partial charge is 0.393 e. The highest BCUT2D eigenvalue weighted by Crippen LogP contribution is 2.66. The summed E-state index contributed by atoms with van der Waals surface area (Å²) in [4.78, 5) is 12.8. The van der Waals surface area contributed by atoms with E-state index in [-0.39, 0.29) is 16.9 Å². The van der Waals surface area contributed by atoms with Gasteiger partial charge in [0.05, 0.1) is 12.7 Å². The summed E-state index contributed by atoms with van der Waals surface area (Å²) in [6.45, 7) is 12.5. The van der Waals surface area contributed by atoms with Crippen molar-refractivity contribution in [3.05, 3.63) is 11.1 Å². The van der Waals surface area contributed by atoms with Crippen LogP contribution in [-0.2, 0) is 9.53 Å². The van der Waals surface area contributed by atoms with E-state index in [0.29, 0.717) is 17.8 Å². The van der Waals surface area contributed by atoms with Crippen LogP contribution in [0.25, 0.3) is 0 Å². The van der Waals surface area contributed by atoms with E-state index in [2.05, 4.69) is 34.6 Å². The third-order valence-corrected chi connectivity index (χ3v) is 10.0. The molecule has 3 aliphatic carbocycles. The van der Waals surface area contributed by atoms with Gasteiger partial charge in [-0.15, -0.1) is 0 Å². The van der Waals surface area contributed by atoms with Crippen molar-refractivity contribution in [3.63, 3.8) is 0 Å². The molecule has 3 nitrogen and oxygen atoms in total. The predicted molar refractivity (Wildman–Crippen MR) is 121 cm³/mol. The highest BCUT2D eigenvalue weighted by Gasteiger charge is 2.65. The Hall–Kier alpha value is -0.670. The van der Waals surface area contributed by atoms with E-state index < -0.39 is 5.60 Å². The number of allylic oxidation sites excluding steroid dienone is 1. The molecule has 0 radical (unpaired) electrons. The molecule has 0 aromatic carbocycles. The number of rotatable bonds is 6. The maximum atomic E-state index is 12.8. The van der Waals surface area contributed by atoms with E-state index in [4.69, 9.17) is 4.74 Å². The van der Waals surface area contributed by atoms with Crippen LogP contribution in [0.4, 0.5) is 0 Å². The van der Waals surface area contributed by atoms with E-state index >= 15 is 0 Å². The Morgan fingerprint density at radius 1 is 1.10 bits per heavy atom. The molecule has 0 aromatic rings. The normalized spacial score (nSPS) is 44.4. The Balaban J connectivity index is 1.64. The first-order chi connectivity index (χ1) is 14.2. The van der Waals surface area contributed by atoms with Crippen LogP contribution >= 0.6 is 0 Å². The first kappa shape index (κ1) is 22.5. The van der Waals surface area contributed by atoms with Crippen molar-refractivity contribution in [1.29, 1.82) is 0 Å². The van der Waals surface area contributed by atoms with Gasteiger partial charge in [0.2, 0.25) is 0 Å². The van der Waals surface area contributed by atoms with E-state index in [1.165, 1.54) is 36.7 Å². The zero-order valence-electron chi connectivity index (χ0n) is 20.0. The first-order valence-electron chi connectivity index (χ1n) is 12.7. The fraction of sp³-hybridized carbons (Fsp3) is 0.889. The molecule has 1 heterocycles. The maximum absolute atomic E-state index is 12.8. The number of fused-ring (bicyclic) bond motifs is 4. The second kappa shape index (κ2) is 8.03. The molecule has 4 rings (SSSR count). The number of aliphatic hydroxyl groups excluding tert-OH is 1. The van der Waals surface area contributed by atoms with Crippen molar-refractivity contribution in [2.75, 3.05) is 6.61 Å². The number of hydrogen-bond acceptors (Lipinski definition) is 3. The SMILES string of the molecule is CC(C)CCC[C@@H](C)[C@H]1CO[C@]2(C=O)C3=C(CC[C@]12C)[C@@]1(C)CC[C@H](O)C[C@@H]1CC3. The smallest absolute Gasteiger partial charge is 0.156 e. The van der Waals surface area contributed by atoms with Gasteiger partial charge in [0, 0.05) is 5.41 Å². The van der Waals surface area contributed by atoms with Gasteiger partial charge >= 0.3 is 0 Å². The zero-order valence-corrected chi connectivity index (χ0v) is 20.0. The molecule has 7 atom stereocenters. The van der Waals surface area contributed by atoms with Gasteiger partial charge in [-0.3, -0.25) is 4.79 Å².